The third-order valence-corrected chi connectivity index (χ3v) is 4.41. The van der Waals surface area contributed by atoms with Gasteiger partial charge in [-0.15, -0.1) is 0 Å². The lowest BCUT2D eigenvalue weighted by Crippen LogP contribution is -2.43. The van der Waals surface area contributed by atoms with E-state index in [2.05, 4.69) is 10.6 Å². The molecular weight excluding hydrogens is 296 g/mol. The highest BCUT2D eigenvalue weighted by atomic mass is 16.4. The van der Waals surface area contributed by atoms with E-state index in [0.717, 1.165) is 16.5 Å². The maximum Gasteiger partial charge on any atom is 0.315 e. The van der Waals surface area contributed by atoms with Gasteiger partial charge in [-0.3, -0.25) is 4.79 Å². The summed E-state index contributed by atoms with van der Waals surface area (Å²) in [5.74, 6) is -1.01. The first kappa shape index (κ1) is 15.4. The first-order valence-electron chi connectivity index (χ1n) is 7.86. The Kier molecular flexibility index (Phi) is 4.50. The summed E-state index contributed by atoms with van der Waals surface area (Å²) in [5, 5.41) is 15.7. The number of urea groups is 1. The van der Waals surface area contributed by atoms with Gasteiger partial charge in [-0.2, -0.15) is 0 Å². The first-order chi connectivity index (χ1) is 11.1. The van der Waals surface area contributed by atoms with Crippen molar-refractivity contribution in [1.82, 2.24) is 10.6 Å². The Morgan fingerprint density at radius 1 is 1.17 bits per heavy atom. The van der Waals surface area contributed by atoms with Crippen molar-refractivity contribution in [3.8, 4) is 0 Å². The van der Waals surface area contributed by atoms with E-state index >= 15 is 0 Å². The van der Waals surface area contributed by atoms with Gasteiger partial charge in [0.2, 0.25) is 0 Å². The number of aliphatic carboxylic acids is 1. The van der Waals surface area contributed by atoms with E-state index in [1.807, 2.05) is 24.3 Å². The molecule has 1 saturated carbocycles. The van der Waals surface area contributed by atoms with Gasteiger partial charge in [0.15, 0.2) is 0 Å². The summed E-state index contributed by atoms with van der Waals surface area (Å²) in [6.07, 6.45) is 4.31. The van der Waals surface area contributed by atoms with Crippen LogP contribution in [0.25, 0.3) is 11.0 Å². The summed E-state index contributed by atoms with van der Waals surface area (Å²) in [6, 6.07) is 7.51. The fourth-order valence-corrected chi connectivity index (χ4v) is 3.07. The second-order valence-corrected chi connectivity index (χ2v) is 5.97. The van der Waals surface area contributed by atoms with E-state index in [9.17, 15) is 9.59 Å². The average Bonchev–Trinajstić information content (AvgIpc) is 2.97. The number of carboxylic acids is 1. The Balaban J connectivity index is 1.48. The number of benzene rings is 1. The smallest absolute Gasteiger partial charge is 0.315 e. The molecule has 1 fully saturated rings. The van der Waals surface area contributed by atoms with Crippen LogP contribution < -0.4 is 10.6 Å². The molecule has 2 amide bonds. The molecular formula is C17H20N2O4. The summed E-state index contributed by atoms with van der Waals surface area (Å²) in [5.41, 5.74) is 1.74. The molecule has 1 aliphatic rings. The highest BCUT2D eigenvalue weighted by Gasteiger charge is 2.26. The van der Waals surface area contributed by atoms with Crippen molar-refractivity contribution in [2.75, 3.05) is 0 Å². The number of carbonyl (C=O) groups is 2. The molecule has 1 heterocycles. The quantitative estimate of drug-likeness (QED) is 0.809. The number of amides is 2. The van der Waals surface area contributed by atoms with Gasteiger partial charge in [0.25, 0.3) is 0 Å². The van der Waals surface area contributed by atoms with Crippen molar-refractivity contribution in [2.45, 2.75) is 38.3 Å². The zero-order valence-electron chi connectivity index (χ0n) is 12.7. The third kappa shape index (κ3) is 3.64. The predicted molar refractivity (Wildman–Crippen MR) is 85.0 cm³/mol. The maximum absolute atomic E-state index is 12.0. The van der Waals surface area contributed by atoms with Gasteiger partial charge in [-0.05, 0) is 31.7 Å². The van der Waals surface area contributed by atoms with Gasteiger partial charge < -0.3 is 20.2 Å². The zero-order chi connectivity index (χ0) is 16.2. The van der Waals surface area contributed by atoms with E-state index in [1.54, 1.807) is 6.26 Å². The van der Waals surface area contributed by atoms with Crippen LogP contribution in [0.4, 0.5) is 4.79 Å². The molecule has 0 bridgehead atoms. The van der Waals surface area contributed by atoms with Crippen LogP contribution >= 0.6 is 0 Å². The summed E-state index contributed by atoms with van der Waals surface area (Å²) in [7, 11) is 0. The monoisotopic (exact) mass is 316 g/mol. The molecule has 0 atom stereocenters. The highest BCUT2D eigenvalue weighted by Crippen LogP contribution is 2.24. The number of rotatable bonds is 4. The van der Waals surface area contributed by atoms with Gasteiger partial charge in [0.1, 0.15) is 5.58 Å². The minimum absolute atomic E-state index is 0.0479. The van der Waals surface area contributed by atoms with Crippen LogP contribution in [0.1, 0.15) is 31.2 Å². The maximum atomic E-state index is 12.0. The Morgan fingerprint density at radius 3 is 2.65 bits per heavy atom. The van der Waals surface area contributed by atoms with Crippen molar-refractivity contribution >= 4 is 23.0 Å². The second-order valence-electron chi connectivity index (χ2n) is 5.97. The van der Waals surface area contributed by atoms with Gasteiger partial charge >= 0.3 is 12.0 Å². The lowest BCUT2D eigenvalue weighted by molar-refractivity contribution is -0.142. The molecule has 23 heavy (non-hydrogen) atoms. The zero-order valence-corrected chi connectivity index (χ0v) is 12.7. The molecule has 0 radical (unpaired) electrons. The number of carboxylic acid groups (broad SMARTS) is 1. The molecule has 1 aromatic heterocycles. The largest absolute Gasteiger partial charge is 0.481 e. The van der Waals surface area contributed by atoms with Crippen molar-refractivity contribution in [3.63, 3.8) is 0 Å². The Hall–Kier alpha value is -2.50. The van der Waals surface area contributed by atoms with Crippen LogP contribution in [0.5, 0.6) is 0 Å². The van der Waals surface area contributed by atoms with Crippen molar-refractivity contribution in [2.24, 2.45) is 5.92 Å². The average molecular weight is 316 g/mol. The number of furan rings is 1. The Bertz CT molecular complexity index is 701. The Morgan fingerprint density at radius 2 is 1.91 bits per heavy atom. The van der Waals surface area contributed by atoms with E-state index < -0.39 is 5.97 Å². The third-order valence-electron chi connectivity index (χ3n) is 4.41. The fraction of sp³-hybridized carbons (Fsp3) is 0.412. The molecule has 6 nitrogen and oxygen atoms in total. The second kappa shape index (κ2) is 6.73. The predicted octanol–water partition coefficient (Wildman–Crippen LogP) is 2.88. The normalized spacial score (nSPS) is 21.0. The van der Waals surface area contributed by atoms with Crippen LogP contribution in [-0.2, 0) is 11.3 Å². The topological polar surface area (TPSA) is 91.6 Å². The van der Waals surface area contributed by atoms with E-state index in [4.69, 9.17) is 9.52 Å². The van der Waals surface area contributed by atoms with Crippen molar-refractivity contribution < 1.29 is 19.1 Å². The number of nitrogens with one attached hydrogen (secondary N) is 2. The van der Waals surface area contributed by atoms with E-state index in [1.165, 1.54) is 0 Å². The molecule has 2 aromatic rings. The van der Waals surface area contributed by atoms with Gasteiger partial charge in [0, 0.05) is 23.5 Å². The molecule has 0 unspecified atom stereocenters. The molecule has 1 aliphatic carbocycles. The van der Waals surface area contributed by atoms with Gasteiger partial charge in [-0.1, -0.05) is 18.2 Å². The summed E-state index contributed by atoms with van der Waals surface area (Å²) in [4.78, 5) is 22.9. The SMILES string of the molecule is O=C(NCc1coc2ccccc12)NC1CCC(C(=O)O)CC1. The molecule has 3 rings (SSSR count). The lowest BCUT2D eigenvalue weighted by Gasteiger charge is -2.26. The van der Waals surface area contributed by atoms with Crippen LogP contribution in [0, 0.1) is 5.92 Å². The van der Waals surface area contributed by atoms with Gasteiger partial charge in [-0.25, -0.2) is 4.79 Å². The van der Waals surface area contributed by atoms with Crippen LogP contribution in [0.15, 0.2) is 34.9 Å². The number of fused-ring (bicyclic) bond motifs is 1. The van der Waals surface area contributed by atoms with Gasteiger partial charge in [0.05, 0.1) is 12.2 Å². The lowest BCUT2D eigenvalue weighted by atomic mass is 9.86. The van der Waals surface area contributed by atoms with Crippen LogP contribution in [-0.4, -0.2) is 23.1 Å². The number of para-hydroxylation sites is 1. The number of carbonyl (C=O) groups excluding carboxylic acids is 1. The fourth-order valence-electron chi connectivity index (χ4n) is 3.07. The van der Waals surface area contributed by atoms with E-state index in [-0.39, 0.29) is 18.0 Å². The molecule has 0 saturated heterocycles. The minimum Gasteiger partial charge on any atom is -0.481 e. The molecule has 122 valence electrons. The highest BCUT2D eigenvalue weighted by molar-refractivity contribution is 5.81. The van der Waals surface area contributed by atoms with Crippen molar-refractivity contribution in [1.29, 1.82) is 0 Å². The van der Waals surface area contributed by atoms with Crippen LogP contribution in [0.3, 0.4) is 0 Å². The molecule has 6 heteroatoms. The molecule has 1 aromatic carbocycles. The molecule has 0 spiro atoms. The molecule has 0 aliphatic heterocycles. The number of hydrogen-bond donors (Lipinski definition) is 3. The van der Waals surface area contributed by atoms with Crippen molar-refractivity contribution in [3.05, 3.63) is 36.1 Å². The Labute approximate surface area is 133 Å². The number of hydrogen-bond acceptors (Lipinski definition) is 3. The van der Waals surface area contributed by atoms with E-state index in [0.29, 0.717) is 32.2 Å². The first-order valence-corrected chi connectivity index (χ1v) is 7.86. The summed E-state index contributed by atoms with van der Waals surface area (Å²) >= 11 is 0. The standard InChI is InChI=1S/C17H20N2O4/c20-16(21)11-5-7-13(8-6-11)19-17(22)18-9-12-10-23-15-4-2-1-3-14(12)15/h1-4,10-11,13H,5-9H2,(H,20,21)(H2,18,19,22). The van der Waals surface area contributed by atoms with Crippen LogP contribution in [0.2, 0.25) is 0 Å². The summed E-state index contributed by atoms with van der Waals surface area (Å²) < 4.78 is 5.44. The summed E-state index contributed by atoms with van der Waals surface area (Å²) in [6.45, 7) is 0.396. The minimum atomic E-state index is -0.736. The molecule has 3 N–H and O–H groups in total.